The van der Waals surface area contributed by atoms with Crippen LogP contribution in [0.25, 0.3) is 0 Å². The maximum absolute atomic E-state index is 11.7. The van der Waals surface area contributed by atoms with Gasteiger partial charge in [0.25, 0.3) is 0 Å². The summed E-state index contributed by atoms with van der Waals surface area (Å²) in [5.41, 5.74) is 1.24. The predicted molar refractivity (Wildman–Crippen MR) is 67.0 cm³/mol. The van der Waals surface area contributed by atoms with Gasteiger partial charge < -0.3 is 5.11 Å². The van der Waals surface area contributed by atoms with Crippen LogP contribution in [0.15, 0.2) is 59.6 Å². The SMILES string of the molecule is O=C(C=Nc1ccc(O)cc1)c1ccccc1. The molecular weight excluding hydrogens is 214 g/mol. The van der Waals surface area contributed by atoms with Crippen molar-refractivity contribution < 1.29 is 9.90 Å². The van der Waals surface area contributed by atoms with Crippen molar-refractivity contribution in [3.05, 3.63) is 60.2 Å². The highest BCUT2D eigenvalue weighted by atomic mass is 16.3. The van der Waals surface area contributed by atoms with E-state index >= 15 is 0 Å². The molecule has 0 aliphatic carbocycles. The summed E-state index contributed by atoms with van der Waals surface area (Å²) in [5, 5.41) is 9.09. The van der Waals surface area contributed by atoms with E-state index in [4.69, 9.17) is 5.11 Å². The molecule has 0 amide bonds. The van der Waals surface area contributed by atoms with Gasteiger partial charge in [0.05, 0.1) is 11.9 Å². The fourth-order valence-electron chi connectivity index (χ4n) is 1.35. The van der Waals surface area contributed by atoms with E-state index in [0.717, 1.165) is 0 Å². The lowest BCUT2D eigenvalue weighted by Gasteiger charge is -1.95. The van der Waals surface area contributed by atoms with Crippen LogP contribution in [0, 0.1) is 0 Å². The molecule has 84 valence electrons. The Morgan fingerprint density at radius 1 is 1.00 bits per heavy atom. The summed E-state index contributed by atoms with van der Waals surface area (Å²) in [4.78, 5) is 15.7. The van der Waals surface area contributed by atoms with Gasteiger partial charge in [0.1, 0.15) is 5.75 Å². The number of aliphatic imine (C=N–C) groups is 1. The van der Waals surface area contributed by atoms with Crippen molar-refractivity contribution in [3.63, 3.8) is 0 Å². The molecule has 0 radical (unpaired) electrons. The van der Waals surface area contributed by atoms with Crippen molar-refractivity contribution in [2.75, 3.05) is 0 Å². The van der Waals surface area contributed by atoms with Crippen molar-refractivity contribution >= 4 is 17.7 Å². The van der Waals surface area contributed by atoms with Gasteiger partial charge in [-0.05, 0) is 24.3 Å². The number of aromatic hydroxyl groups is 1. The minimum atomic E-state index is -0.140. The number of rotatable bonds is 3. The topological polar surface area (TPSA) is 49.7 Å². The zero-order chi connectivity index (χ0) is 12.1. The van der Waals surface area contributed by atoms with Crippen molar-refractivity contribution in [2.45, 2.75) is 0 Å². The van der Waals surface area contributed by atoms with Crippen LogP contribution >= 0.6 is 0 Å². The number of carbonyl (C=O) groups is 1. The first-order chi connectivity index (χ1) is 8.25. The highest BCUT2D eigenvalue weighted by Gasteiger charge is 2.00. The van der Waals surface area contributed by atoms with Gasteiger partial charge in [0.2, 0.25) is 5.78 Å². The molecule has 0 saturated heterocycles. The standard InChI is InChI=1S/C14H11NO2/c16-13-8-6-12(7-9-13)15-10-14(17)11-4-2-1-3-5-11/h1-10,16H. The number of carbonyl (C=O) groups excluding carboxylic acids is 1. The van der Waals surface area contributed by atoms with E-state index in [-0.39, 0.29) is 11.5 Å². The van der Waals surface area contributed by atoms with Crippen LogP contribution in [-0.4, -0.2) is 17.1 Å². The lowest BCUT2D eigenvalue weighted by Crippen LogP contribution is -1.98. The molecule has 0 saturated carbocycles. The number of benzene rings is 2. The third-order valence-corrected chi connectivity index (χ3v) is 2.24. The second-order valence-corrected chi connectivity index (χ2v) is 3.50. The molecule has 0 unspecified atom stereocenters. The van der Waals surface area contributed by atoms with Crippen LogP contribution < -0.4 is 0 Å². The molecule has 0 heterocycles. The highest BCUT2D eigenvalue weighted by molar-refractivity contribution is 6.35. The van der Waals surface area contributed by atoms with Gasteiger partial charge in [-0.25, -0.2) is 0 Å². The van der Waals surface area contributed by atoms with Crippen molar-refractivity contribution in [3.8, 4) is 5.75 Å². The summed E-state index contributed by atoms with van der Waals surface area (Å²) in [7, 11) is 0. The summed E-state index contributed by atoms with van der Waals surface area (Å²) in [6.45, 7) is 0. The molecule has 0 atom stereocenters. The Hall–Kier alpha value is -2.42. The van der Waals surface area contributed by atoms with Gasteiger partial charge in [0, 0.05) is 5.56 Å². The van der Waals surface area contributed by atoms with E-state index in [1.54, 1.807) is 24.3 Å². The monoisotopic (exact) mass is 225 g/mol. The average molecular weight is 225 g/mol. The Morgan fingerprint density at radius 3 is 2.29 bits per heavy atom. The first kappa shape index (κ1) is 11.1. The van der Waals surface area contributed by atoms with E-state index < -0.39 is 0 Å². The van der Waals surface area contributed by atoms with Gasteiger partial charge in [0.15, 0.2) is 0 Å². The Morgan fingerprint density at radius 2 is 1.65 bits per heavy atom. The lowest BCUT2D eigenvalue weighted by molar-refractivity contribution is 0.107. The first-order valence-electron chi connectivity index (χ1n) is 5.18. The molecule has 2 rings (SSSR count). The molecule has 1 N–H and O–H groups in total. The van der Waals surface area contributed by atoms with Crippen molar-refractivity contribution in [2.24, 2.45) is 4.99 Å². The Balaban J connectivity index is 2.11. The second kappa shape index (κ2) is 5.07. The van der Waals surface area contributed by atoms with Crippen LogP contribution in [-0.2, 0) is 0 Å². The molecule has 3 heteroatoms. The minimum Gasteiger partial charge on any atom is -0.508 e. The molecule has 0 bridgehead atoms. The molecule has 0 fully saturated rings. The molecule has 3 nitrogen and oxygen atoms in total. The Bertz CT molecular complexity index is 530. The number of phenolic OH excluding ortho intramolecular Hbond substituents is 1. The van der Waals surface area contributed by atoms with Crippen LogP contribution in [0.3, 0.4) is 0 Å². The molecule has 2 aromatic carbocycles. The number of nitrogens with zero attached hydrogens (tertiary/aromatic N) is 1. The third-order valence-electron chi connectivity index (χ3n) is 2.24. The van der Waals surface area contributed by atoms with Gasteiger partial charge in [-0.2, -0.15) is 0 Å². The van der Waals surface area contributed by atoms with Crippen molar-refractivity contribution in [1.82, 2.24) is 0 Å². The summed E-state index contributed by atoms with van der Waals surface area (Å²) in [6.07, 6.45) is 1.28. The van der Waals surface area contributed by atoms with Gasteiger partial charge in [-0.3, -0.25) is 9.79 Å². The summed E-state index contributed by atoms with van der Waals surface area (Å²) >= 11 is 0. The van der Waals surface area contributed by atoms with E-state index in [1.807, 2.05) is 18.2 Å². The molecule has 0 aliphatic heterocycles. The summed E-state index contributed by atoms with van der Waals surface area (Å²) < 4.78 is 0. The Kier molecular flexibility index (Phi) is 3.31. The molecule has 0 spiro atoms. The quantitative estimate of drug-likeness (QED) is 0.644. The number of phenols is 1. The number of Topliss-reactive ketones (excluding diaryl/α,β-unsaturated/α-hetero) is 1. The zero-order valence-electron chi connectivity index (χ0n) is 9.08. The van der Waals surface area contributed by atoms with E-state index in [0.29, 0.717) is 11.3 Å². The molecular formula is C14H11NO2. The largest absolute Gasteiger partial charge is 0.508 e. The second-order valence-electron chi connectivity index (χ2n) is 3.50. The molecule has 0 aromatic heterocycles. The number of hydrogen-bond acceptors (Lipinski definition) is 3. The maximum atomic E-state index is 11.7. The Labute approximate surface area is 99.1 Å². The van der Waals surface area contributed by atoms with E-state index in [2.05, 4.69) is 4.99 Å². The van der Waals surface area contributed by atoms with Crippen LogP contribution in [0.5, 0.6) is 5.75 Å². The smallest absolute Gasteiger partial charge is 0.204 e. The maximum Gasteiger partial charge on any atom is 0.204 e. The average Bonchev–Trinajstić information content (AvgIpc) is 2.39. The number of hydrogen-bond donors (Lipinski definition) is 1. The highest BCUT2D eigenvalue weighted by Crippen LogP contribution is 2.16. The molecule has 17 heavy (non-hydrogen) atoms. The molecule has 2 aromatic rings. The van der Waals surface area contributed by atoms with Crippen molar-refractivity contribution in [1.29, 1.82) is 0 Å². The van der Waals surface area contributed by atoms with Crippen LogP contribution in [0.1, 0.15) is 10.4 Å². The van der Waals surface area contributed by atoms with Gasteiger partial charge >= 0.3 is 0 Å². The molecule has 0 aliphatic rings. The summed E-state index contributed by atoms with van der Waals surface area (Å²) in [6, 6.07) is 15.3. The normalized spacial score (nSPS) is 10.6. The summed E-state index contributed by atoms with van der Waals surface area (Å²) in [5.74, 6) is 0.0389. The van der Waals surface area contributed by atoms with E-state index in [9.17, 15) is 4.79 Å². The third kappa shape index (κ3) is 3.01. The fraction of sp³-hybridized carbons (Fsp3) is 0. The van der Waals surface area contributed by atoms with E-state index in [1.165, 1.54) is 18.3 Å². The predicted octanol–water partition coefficient (Wildman–Crippen LogP) is 2.98. The van der Waals surface area contributed by atoms with Gasteiger partial charge in [-0.1, -0.05) is 30.3 Å². The fourth-order valence-corrected chi connectivity index (χ4v) is 1.35. The zero-order valence-corrected chi connectivity index (χ0v) is 9.08. The lowest BCUT2D eigenvalue weighted by atomic mass is 10.1. The minimum absolute atomic E-state index is 0.140. The number of ketones is 1. The van der Waals surface area contributed by atoms with Crippen LogP contribution in [0.2, 0.25) is 0 Å². The first-order valence-corrected chi connectivity index (χ1v) is 5.18. The van der Waals surface area contributed by atoms with Crippen LogP contribution in [0.4, 0.5) is 5.69 Å². The van der Waals surface area contributed by atoms with Gasteiger partial charge in [-0.15, -0.1) is 0 Å².